The zero-order valence-corrected chi connectivity index (χ0v) is 12.9. The normalized spacial score (nSPS) is 19.0. The van der Waals surface area contributed by atoms with Crippen molar-refractivity contribution in [3.05, 3.63) is 5.82 Å². The average molecular weight is 285 g/mol. The van der Waals surface area contributed by atoms with Crippen LogP contribution in [0.15, 0.2) is 4.34 Å². The van der Waals surface area contributed by atoms with Gasteiger partial charge in [0.25, 0.3) is 0 Å². The molecule has 1 aromatic rings. The third-order valence-corrected chi connectivity index (χ3v) is 5.62. The lowest BCUT2D eigenvalue weighted by molar-refractivity contribution is 0.288. The van der Waals surface area contributed by atoms with Crippen molar-refractivity contribution in [3.8, 4) is 0 Å². The van der Waals surface area contributed by atoms with Gasteiger partial charge in [0, 0.05) is 11.8 Å². The minimum absolute atomic E-state index is 0.643. The first-order chi connectivity index (χ1) is 8.79. The summed E-state index contributed by atoms with van der Waals surface area (Å²) in [5.41, 5.74) is 0. The minimum Gasteiger partial charge on any atom is -0.313 e. The standard InChI is InChI=1S/C13H23N3S2/c1-3-14-12(11-7-5-4-6-8-11)9-17-13-15-10(2)16-18-13/h11-12,14H,3-9H2,1-2H3. The molecule has 0 amide bonds. The molecule has 1 unspecified atom stereocenters. The summed E-state index contributed by atoms with van der Waals surface area (Å²) in [5.74, 6) is 2.90. The van der Waals surface area contributed by atoms with Crippen molar-refractivity contribution in [3.63, 3.8) is 0 Å². The summed E-state index contributed by atoms with van der Waals surface area (Å²) in [7, 11) is 0. The van der Waals surface area contributed by atoms with Crippen LogP contribution in [0.25, 0.3) is 0 Å². The second kappa shape index (κ2) is 7.46. The van der Waals surface area contributed by atoms with Crippen LogP contribution in [-0.2, 0) is 0 Å². The maximum absolute atomic E-state index is 4.43. The van der Waals surface area contributed by atoms with Gasteiger partial charge in [-0.15, -0.1) is 0 Å². The molecule has 1 fully saturated rings. The van der Waals surface area contributed by atoms with Gasteiger partial charge in [0.05, 0.1) is 0 Å². The van der Waals surface area contributed by atoms with Crippen molar-refractivity contribution in [1.82, 2.24) is 14.7 Å². The quantitative estimate of drug-likeness (QED) is 0.812. The zero-order valence-electron chi connectivity index (χ0n) is 11.3. The van der Waals surface area contributed by atoms with Gasteiger partial charge in [0.1, 0.15) is 5.82 Å². The third-order valence-electron chi connectivity index (χ3n) is 3.58. The number of aryl methyl sites for hydroxylation is 1. The second-order valence-electron chi connectivity index (χ2n) is 4.98. The van der Waals surface area contributed by atoms with Crippen LogP contribution in [0.5, 0.6) is 0 Å². The summed E-state index contributed by atoms with van der Waals surface area (Å²) < 4.78 is 5.36. The number of rotatable bonds is 6. The Bertz CT molecular complexity index is 348. The first kappa shape index (κ1) is 14.3. The van der Waals surface area contributed by atoms with Crippen molar-refractivity contribution >= 4 is 23.3 Å². The van der Waals surface area contributed by atoms with Crippen molar-refractivity contribution < 1.29 is 0 Å². The molecule has 1 aliphatic rings. The Morgan fingerprint density at radius 1 is 1.39 bits per heavy atom. The Morgan fingerprint density at radius 3 is 2.78 bits per heavy atom. The van der Waals surface area contributed by atoms with Crippen LogP contribution in [0, 0.1) is 12.8 Å². The topological polar surface area (TPSA) is 37.8 Å². The fourth-order valence-corrected chi connectivity index (χ4v) is 4.52. The molecule has 1 N–H and O–H groups in total. The molecule has 2 rings (SSSR count). The molecule has 5 heteroatoms. The highest BCUT2D eigenvalue weighted by Crippen LogP contribution is 2.30. The average Bonchev–Trinajstić information content (AvgIpc) is 2.81. The molecule has 0 saturated heterocycles. The molecule has 102 valence electrons. The molecule has 1 aromatic heterocycles. The van der Waals surface area contributed by atoms with E-state index < -0.39 is 0 Å². The van der Waals surface area contributed by atoms with E-state index in [0.29, 0.717) is 6.04 Å². The summed E-state index contributed by atoms with van der Waals surface area (Å²) in [6, 6.07) is 0.643. The number of hydrogen-bond acceptors (Lipinski definition) is 5. The van der Waals surface area contributed by atoms with Crippen LogP contribution in [0.1, 0.15) is 44.9 Å². The zero-order chi connectivity index (χ0) is 12.8. The van der Waals surface area contributed by atoms with Gasteiger partial charge >= 0.3 is 0 Å². The lowest BCUT2D eigenvalue weighted by Crippen LogP contribution is -2.39. The number of hydrogen-bond donors (Lipinski definition) is 1. The summed E-state index contributed by atoms with van der Waals surface area (Å²) in [6.07, 6.45) is 7.04. The largest absolute Gasteiger partial charge is 0.313 e. The highest BCUT2D eigenvalue weighted by molar-refractivity contribution is 8.00. The van der Waals surface area contributed by atoms with E-state index in [4.69, 9.17) is 0 Å². The fraction of sp³-hybridized carbons (Fsp3) is 0.846. The van der Waals surface area contributed by atoms with Crippen LogP contribution in [0.2, 0.25) is 0 Å². The Balaban J connectivity index is 1.85. The summed E-state index contributed by atoms with van der Waals surface area (Å²) in [6.45, 7) is 5.23. The summed E-state index contributed by atoms with van der Waals surface area (Å²) >= 11 is 3.40. The van der Waals surface area contributed by atoms with E-state index in [2.05, 4.69) is 21.6 Å². The molecule has 0 spiro atoms. The molecule has 1 heterocycles. The molecule has 0 aliphatic heterocycles. The maximum atomic E-state index is 4.43. The van der Waals surface area contributed by atoms with E-state index in [0.717, 1.165) is 28.4 Å². The molecule has 0 radical (unpaired) electrons. The van der Waals surface area contributed by atoms with Gasteiger partial charge in [0.15, 0.2) is 4.34 Å². The molecule has 0 aromatic carbocycles. The van der Waals surface area contributed by atoms with Gasteiger partial charge in [-0.1, -0.05) is 37.9 Å². The smallest absolute Gasteiger partial charge is 0.170 e. The Labute approximate surface area is 118 Å². The number of nitrogens with one attached hydrogen (secondary N) is 1. The third kappa shape index (κ3) is 4.21. The second-order valence-corrected chi connectivity index (χ2v) is 7.00. The lowest BCUT2D eigenvalue weighted by Gasteiger charge is -2.30. The van der Waals surface area contributed by atoms with Gasteiger partial charge < -0.3 is 5.32 Å². The summed E-state index contributed by atoms with van der Waals surface area (Å²) in [5, 5.41) is 3.66. The fourth-order valence-electron chi connectivity index (χ4n) is 2.66. The van der Waals surface area contributed by atoms with Crippen molar-refractivity contribution in [2.75, 3.05) is 12.3 Å². The Hall–Kier alpha value is -0.130. The van der Waals surface area contributed by atoms with E-state index >= 15 is 0 Å². The van der Waals surface area contributed by atoms with Crippen LogP contribution >= 0.6 is 23.3 Å². The van der Waals surface area contributed by atoms with E-state index in [-0.39, 0.29) is 0 Å². The first-order valence-corrected chi connectivity index (χ1v) is 8.72. The van der Waals surface area contributed by atoms with Crippen LogP contribution in [0.4, 0.5) is 0 Å². The predicted molar refractivity (Wildman–Crippen MR) is 79.4 cm³/mol. The number of thioether (sulfide) groups is 1. The Kier molecular flexibility index (Phi) is 5.92. The van der Waals surface area contributed by atoms with Gasteiger partial charge in [0.2, 0.25) is 0 Å². The molecule has 3 nitrogen and oxygen atoms in total. The highest BCUT2D eigenvalue weighted by atomic mass is 32.2. The van der Waals surface area contributed by atoms with Crippen LogP contribution in [0.3, 0.4) is 0 Å². The monoisotopic (exact) mass is 285 g/mol. The molecule has 0 bridgehead atoms. The van der Waals surface area contributed by atoms with Crippen molar-refractivity contribution in [2.45, 2.75) is 56.3 Å². The first-order valence-electron chi connectivity index (χ1n) is 6.96. The number of aromatic nitrogens is 2. The maximum Gasteiger partial charge on any atom is 0.170 e. The highest BCUT2D eigenvalue weighted by Gasteiger charge is 2.23. The molecule has 1 atom stereocenters. The van der Waals surface area contributed by atoms with E-state index in [1.807, 2.05) is 18.7 Å². The Morgan fingerprint density at radius 2 is 2.17 bits per heavy atom. The van der Waals surface area contributed by atoms with Crippen molar-refractivity contribution in [1.29, 1.82) is 0 Å². The van der Waals surface area contributed by atoms with Crippen LogP contribution in [-0.4, -0.2) is 27.7 Å². The van der Waals surface area contributed by atoms with Crippen LogP contribution < -0.4 is 5.32 Å². The SMILES string of the molecule is CCNC(CSc1nc(C)ns1)C1CCCCC1. The van der Waals surface area contributed by atoms with Gasteiger partial charge in [-0.3, -0.25) is 0 Å². The molecule has 1 aliphatic carbocycles. The minimum atomic E-state index is 0.643. The van der Waals surface area contributed by atoms with E-state index in [1.165, 1.54) is 43.6 Å². The predicted octanol–water partition coefficient (Wildman–Crippen LogP) is 3.50. The van der Waals surface area contributed by atoms with Gasteiger partial charge in [-0.25, -0.2) is 4.98 Å². The van der Waals surface area contributed by atoms with E-state index in [1.54, 1.807) is 0 Å². The lowest BCUT2D eigenvalue weighted by atomic mass is 9.84. The molecular weight excluding hydrogens is 262 g/mol. The van der Waals surface area contributed by atoms with Gasteiger partial charge in [-0.05, 0) is 43.8 Å². The molecule has 18 heavy (non-hydrogen) atoms. The number of nitrogens with zero attached hydrogens (tertiary/aromatic N) is 2. The van der Waals surface area contributed by atoms with E-state index in [9.17, 15) is 0 Å². The molecular formula is C13H23N3S2. The molecule has 1 saturated carbocycles. The van der Waals surface area contributed by atoms with Gasteiger partial charge in [-0.2, -0.15) is 4.37 Å². The van der Waals surface area contributed by atoms with Crippen molar-refractivity contribution in [2.24, 2.45) is 5.92 Å². The summed E-state index contributed by atoms with van der Waals surface area (Å²) in [4.78, 5) is 4.43.